The molecule has 0 aliphatic heterocycles. The van der Waals surface area contributed by atoms with Crippen molar-refractivity contribution in [3.63, 3.8) is 0 Å². The first-order valence-corrected chi connectivity index (χ1v) is 6.23. The lowest BCUT2D eigenvalue weighted by molar-refractivity contribution is -0.151. The fraction of sp³-hybridized carbons (Fsp3) is 0.429. The maximum Gasteiger partial charge on any atom is 0.347 e. The van der Waals surface area contributed by atoms with Gasteiger partial charge in [0, 0.05) is 5.69 Å². The summed E-state index contributed by atoms with van der Waals surface area (Å²) in [6, 6.07) is 4.75. The van der Waals surface area contributed by atoms with Crippen LogP contribution in [0.4, 0.5) is 5.69 Å². The van der Waals surface area contributed by atoms with Crippen molar-refractivity contribution in [3.8, 4) is 5.75 Å². The van der Waals surface area contributed by atoms with Crippen molar-refractivity contribution >= 4 is 17.4 Å². The standard InChI is InChI=1S/C14H19NO4/c1-4-12(14(17)18-5-2)19-13-7-6-10(15)8-11(13)9(3)16/h6-8,12H,4-5,15H2,1-3H3. The third-order valence-corrected chi connectivity index (χ3v) is 2.57. The summed E-state index contributed by atoms with van der Waals surface area (Å²) in [6.45, 7) is 5.26. The third kappa shape index (κ3) is 3.98. The van der Waals surface area contributed by atoms with Gasteiger partial charge in [-0.25, -0.2) is 4.79 Å². The fourth-order valence-corrected chi connectivity index (χ4v) is 1.61. The zero-order valence-electron chi connectivity index (χ0n) is 11.4. The fourth-order valence-electron chi connectivity index (χ4n) is 1.61. The van der Waals surface area contributed by atoms with Gasteiger partial charge in [0.15, 0.2) is 11.9 Å². The van der Waals surface area contributed by atoms with Crippen LogP contribution in [0.1, 0.15) is 37.6 Å². The molecule has 1 atom stereocenters. The van der Waals surface area contributed by atoms with E-state index in [0.29, 0.717) is 30.0 Å². The minimum Gasteiger partial charge on any atom is -0.478 e. The Labute approximate surface area is 112 Å². The van der Waals surface area contributed by atoms with Crippen molar-refractivity contribution < 1.29 is 19.1 Å². The van der Waals surface area contributed by atoms with Gasteiger partial charge in [-0.3, -0.25) is 4.79 Å². The Morgan fingerprint density at radius 2 is 2.00 bits per heavy atom. The first-order valence-electron chi connectivity index (χ1n) is 6.23. The second-order valence-corrected chi connectivity index (χ2v) is 4.08. The van der Waals surface area contributed by atoms with Crippen molar-refractivity contribution in [1.29, 1.82) is 0 Å². The molecular weight excluding hydrogens is 246 g/mol. The van der Waals surface area contributed by atoms with Crippen LogP contribution in [0.3, 0.4) is 0 Å². The molecule has 0 heterocycles. The number of carbonyl (C=O) groups excluding carboxylic acids is 2. The van der Waals surface area contributed by atoms with E-state index in [0.717, 1.165) is 0 Å². The number of nitrogen functional groups attached to an aromatic ring is 1. The van der Waals surface area contributed by atoms with Gasteiger partial charge in [-0.2, -0.15) is 0 Å². The molecule has 104 valence electrons. The Balaban J connectivity index is 2.97. The summed E-state index contributed by atoms with van der Waals surface area (Å²) in [4.78, 5) is 23.2. The normalized spacial score (nSPS) is 11.7. The average Bonchev–Trinajstić information content (AvgIpc) is 2.37. The van der Waals surface area contributed by atoms with E-state index in [2.05, 4.69) is 0 Å². The summed E-state index contributed by atoms with van der Waals surface area (Å²) in [7, 11) is 0. The predicted octanol–water partition coefficient (Wildman–Crippen LogP) is 2.19. The van der Waals surface area contributed by atoms with Crippen LogP contribution < -0.4 is 10.5 Å². The number of esters is 1. The molecule has 19 heavy (non-hydrogen) atoms. The van der Waals surface area contributed by atoms with E-state index < -0.39 is 12.1 Å². The van der Waals surface area contributed by atoms with Crippen LogP contribution in [0.2, 0.25) is 0 Å². The molecular formula is C14H19NO4. The van der Waals surface area contributed by atoms with Crippen LogP contribution in [0.5, 0.6) is 5.75 Å². The molecule has 1 aromatic carbocycles. The molecule has 0 aromatic heterocycles. The molecule has 1 aromatic rings. The Bertz CT molecular complexity index is 471. The highest BCUT2D eigenvalue weighted by molar-refractivity contribution is 5.97. The zero-order chi connectivity index (χ0) is 14.4. The SMILES string of the molecule is CCOC(=O)C(CC)Oc1ccc(N)cc1C(C)=O. The van der Waals surface area contributed by atoms with Crippen LogP contribution >= 0.6 is 0 Å². The van der Waals surface area contributed by atoms with Crippen molar-refractivity contribution in [1.82, 2.24) is 0 Å². The molecule has 0 fully saturated rings. The van der Waals surface area contributed by atoms with E-state index in [1.165, 1.54) is 13.0 Å². The molecule has 0 aliphatic carbocycles. The minimum absolute atomic E-state index is 0.166. The van der Waals surface area contributed by atoms with E-state index in [1.807, 2.05) is 6.92 Å². The predicted molar refractivity (Wildman–Crippen MR) is 72.2 cm³/mol. The number of rotatable bonds is 6. The molecule has 1 rings (SSSR count). The summed E-state index contributed by atoms with van der Waals surface area (Å²) in [6.07, 6.45) is -0.262. The van der Waals surface area contributed by atoms with Crippen molar-refractivity contribution in [2.45, 2.75) is 33.3 Å². The molecule has 0 radical (unpaired) electrons. The van der Waals surface area contributed by atoms with Crippen LogP contribution in [0.25, 0.3) is 0 Å². The molecule has 0 spiro atoms. The summed E-state index contributed by atoms with van der Waals surface area (Å²) in [5, 5.41) is 0. The number of nitrogens with two attached hydrogens (primary N) is 1. The molecule has 1 unspecified atom stereocenters. The Hall–Kier alpha value is -2.04. The molecule has 0 aliphatic rings. The van der Waals surface area contributed by atoms with Crippen LogP contribution in [-0.4, -0.2) is 24.5 Å². The summed E-state index contributed by atoms with van der Waals surface area (Å²) >= 11 is 0. The number of carbonyl (C=O) groups is 2. The topological polar surface area (TPSA) is 78.6 Å². The van der Waals surface area contributed by atoms with Gasteiger partial charge in [-0.1, -0.05) is 6.92 Å². The number of ether oxygens (including phenoxy) is 2. The van der Waals surface area contributed by atoms with E-state index >= 15 is 0 Å². The van der Waals surface area contributed by atoms with Gasteiger partial charge in [-0.15, -0.1) is 0 Å². The van der Waals surface area contributed by atoms with Gasteiger partial charge in [0.25, 0.3) is 0 Å². The highest BCUT2D eigenvalue weighted by Crippen LogP contribution is 2.24. The summed E-state index contributed by atoms with van der Waals surface area (Å²) in [5.41, 5.74) is 6.47. The lowest BCUT2D eigenvalue weighted by Crippen LogP contribution is -2.29. The zero-order valence-corrected chi connectivity index (χ0v) is 11.4. The minimum atomic E-state index is -0.721. The van der Waals surface area contributed by atoms with Gasteiger partial charge in [0.2, 0.25) is 0 Å². The quantitative estimate of drug-likeness (QED) is 0.484. The van der Waals surface area contributed by atoms with Crippen LogP contribution in [-0.2, 0) is 9.53 Å². The smallest absolute Gasteiger partial charge is 0.347 e. The number of hydrogen-bond donors (Lipinski definition) is 1. The molecule has 0 bridgehead atoms. The van der Waals surface area contributed by atoms with E-state index in [4.69, 9.17) is 15.2 Å². The van der Waals surface area contributed by atoms with Crippen LogP contribution in [0, 0.1) is 0 Å². The molecule has 2 N–H and O–H groups in total. The number of hydrogen-bond acceptors (Lipinski definition) is 5. The van der Waals surface area contributed by atoms with E-state index in [9.17, 15) is 9.59 Å². The van der Waals surface area contributed by atoms with Crippen LogP contribution in [0.15, 0.2) is 18.2 Å². The highest BCUT2D eigenvalue weighted by atomic mass is 16.6. The van der Waals surface area contributed by atoms with Crippen molar-refractivity contribution in [2.75, 3.05) is 12.3 Å². The lowest BCUT2D eigenvalue weighted by Gasteiger charge is -2.17. The van der Waals surface area contributed by atoms with Gasteiger partial charge in [0.05, 0.1) is 12.2 Å². The third-order valence-electron chi connectivity index (χ3n) is 2.57. The largest absolute Gasteiger partial charge is 0.478 e. The maximum atomic E-state index is 11.7. The molecule has 0 saturated heterocycles. The first-order chi connectivity index (χ1) is 8.99. The average molecular weight is 265 g/mol. The molecule has 0 saturated carbocycles. The van der Waals surface area contributed by atoms with Gasteiger partial charge < -0.3 is 15.2 Å². The van der Waals surface area contributed by atoms with Gasteiger partial charge >= 0.3 is 5.97 Å². The molecule has 5 nitrogen and oxygen atoms in total. The Morgan fingerprint density at radius 3 is 2.53 bits per heavy atom. The van der Waals surface area contributed by atoms with Gasteiger partial charge in [-0.05, 0) is 38.5 Å². The monoisotopic (exact) mass is 265 g/mol. The second-order valence-electron chi connectivity index (χ2n) is 4.08. The summed E-state index contributed by atoms with van der Waals surface area (Å²) < 4.78 is 10.5. The van der Waals surface area contributed by atoms with Crippen molar-refractivity contribution in [2.24, 2.45) is 0 Å². The van der Waals surface area contributed by atoms with Crippen molar-refractivity contribution in [3.05, 3.63) is 23.8 Å². The molecule has 0 amide bonds. The number of ketones is 1. The number of benzene rings is 1. The Morgan fingerprint density at radius 1 is 1.32 bits per heavy atom. The van der Waals surface area contributed by atoms with E-state index in [-0.39, 0.29) is 5.78 Å². The lowest BCUT2D eigenvalue weighted by atomic mass is 10.1. The number of Topliss-reactive ketones (excluding diaryl/α,β-unsaturated/α-hetero) is 1. The van der Waals surface area contributed by atoms with Gasteiger partial charge in [0.1, 0.15) is 5.75 Å². The summed E-state index contributed by atoms with van der Waals surface area (Å²) in [5.74, 6) is -0.251. The molecule has 5 heteroatoms. The Kier molecular flexibility index (Phi) is 5.36. The second kappa shape index (κ2) is 6.78. The first kappa shape index (κ1) is 15.0. The maximum absolute atomic E-state index is 11.7. The van der Waals surface area contributed by atoms with E-state index in [1.54, 1.807) is 19.1 Å². The highest BCUT2D eigenvalue weighted by Gasteiger charge is 2.21. The number of anilines is 1.